The van der Waals surface area contributed by atoms with Crippen LogP contribution in [0.5, 0.6) is 0 Å². The third-order valence-corrected chi connectivity index (χ3v) is 5.18. The predicted octanol–water partition coefficient (Wildman–Crippen LogP) is 4.42. The van der Waals surface area contributed by atoms with Gasteiger partial charge in [-0.15, -0.1) is 11.3 Å². The van der Waals surface area contributed by atoms with Crippen molar-refractivity contribution in [1.82, 2.24) is 0 Å². The van der Waals surface area contributed by atoms with Crippen molar-refractivity contribution in [1.29, 1.82) is 0 Å². The molecule has 0 saturated carbocycles. The summed E-state index contributed by atoms with van der Waals surface area (Å²) in [7, 11) is 0. The molecule has 2 aromatic heterocycles. The molecule has 0 bridgehead atoms. The first-order valence-electron chi connectivity index (χ1n) is 4.43. The fourth-order valence-corrected chi connectivity index (χ4v) is 3.61. The zero-order valence-corrected chi connectivity index (χ0v) is 11.6. The molecule has 0 aliphatic rings. The first-order valence-corrected chi connectivity index (χ1v) is 6.98. The highest BCUT2D eigenvalue weighted by Gasteiger charge is 2.15. The standard InChI is InChI=1S/C11H9BrOS2/c1-6-4-14-5-8(6)11(13)10-3-9(12)7(2)15-10/h3-5H,1-2H3. The van der Waals surface area contributed by atoms with E-state index in [0.29, 0.717) is 0 Å². The number of aryl methyl sites for hydroxylation is 2. The number of hydrogen-bond acceptors (Lipinski definition) is 3. The molecule has 4 heteroatoms. The SMILES string of the molecule is Cc1cscc1C(=O)c1cc(Br)c(C)s1. The van der Waals surface area contributed by atoms with Crippen molar-refractivity contribution in [2.75, 3.05) is 0 Å². The Hall–Kier alpha value is -0.450. The molecular formula is C11H9BrOS2. The molecule has 2 rings (SSSR count). The minimum absolute atomic E-state index is 0.132. The van der Waals surface area contributed by atoms with Gasteiger partial charge in [-0.25, -0.2) is 0 Å². The van der Waals surface area contributed by atoms with Crippen LogP contribution in [-0.4, -0.2) is 5.78 Å². The number of carbonyl (C=O) groups excluding carboxylic acids is 1. The monoisotopic (exact) mass is 300 g/mol. The quantitative estimate of drug-likeness (QED) is 0.750. The van der Waals surface area contributed by atoms with Crippen molar-refractivity contribution in [3.05, 3.63) is 42.2 Å². The molecule has 0 saturated heterocycles. The van der Waals surface area contributed by atoms with E-state index in [1.807, 2.05) is 30.7 Å². The van der Waals surface area contributed by atoms with Crippen LogP contribution < -0.4 is 0 Å². The lowest BCUT2D eigenvalue weighted by Gasteiger charge is -1.95. The summed E-state index contributed by atoms with van der Waals surface area (Å²) in [6, 6.07) is 1.90. The Kier molecular flexibility index (Phi) is 3.09. The summed E-state index contributed by atoms with van der Waals surface area (Å²) in [6.07, 6.45) is 0. The average Bonchev–Trinajstić information content (AvgIpc) is 2.74. The second kappa shape index (κ2) is 4.20. The van der Waals surface area contributed by atoms with E-state index in [0.717, 1.165) is 25.4 Å². The van der Waals surface area contributed by atoms with Gasteiger partial charge in [0.2, 0.25) is 5.78 Å². The van der Waals surface area contributed by atoms with Gasteiger partial charge in [0.1, 0.15) is 0 Å². The number of halogens is 1. The maximum absolute atomic E-state index is 12.1. The van der Waals surface area contributed by atoms with Gasteiger partial charge in [0.15, 0.2) is 0 Å². The van der Waals surface area contributed by atoms with Gasteiger partial charge in [-0.2, -0.15) is 11.3 Å². The lowest BCUT2D eigenvalue weighted by Crippen LogP contribution is -1.97. The summed E-state index contributed by atoms with van der Waals surface area (Å²) in [6.45, 7) is 3.98. The van der Waals surface area contributed by atoms with Gasteiger partial charge in [-0.1, -0.05) is 0 Å². The molecule has 0 N–H and O–H groups in total. The van der Waals surface area contributed by atoms with Crippen LogP contribution in [0.2, 0.25) is 0 Å². The third kappa shape index (κ3) is 2.07. The minimum atomic E-state index is 0.132. The van der Waals surface area contributed by atoms with Crippen molar-refractivity contribution < 1.29 is 4.79 Å². The van der Waals surface area contributed by atoms with Gasteiger partial charge < -0.3 is 0 Å². The predicted molar refractivity (Wildman–Crippen MR) is 69.2 cm³/mol. The van der Waals surface area contributed by atoms with Crippen molar-refractivity contribution in [2.45, 2.75) is 13.8 Å². The van der Waals surface area contributed by atoms with Crippen molar-refractivity contribution in [3.63, 3.8) is 0 Å². The summed E-state index contributed by atoms with van der Waals surface area (Å²) < 4.78 is 1.02. The highest BCUT2D eigenvalue weighted by molar-refractivity contribution is 9.10. The Bertz CT molecular complexity index is 491. The van der Waals surface area contributed by atoms with Gasteiger partial charge in [0.25, 0.3) is 0 Å². The summed E-state index contributed by atoms with van der Waals surface area (Å²) in [5.74, 6) is 0.132. The van der Waals surface area contributed by atoms with Crippen LogP contribution in [0.25, 0.3) is 0 Å². The van der Waals surface area contributed by atoms with Crippen molar-refractivity contribution in [2.24, 2.45) is 0 Å². The molecule has 0 fully saturated rings. The average molecular weight is 301 g/mol. The Morgan fingerprint density at radius 3 is 2.53 bits per heavy atom. The Labute approximate surface area is 105 Å². The van der Waals surface area contributed by atoms with Crippen molar-refractivity contribution in [3.8, 4) is 0 Å². The number of ketones is 1. The van der Waals surface area contributed by atoms with E-state index in [2.05, 4.69) is 15.9 Å². The first kappa shape index (κ1) is 11.0. The summed E-state index contributed by atoms with van der Waals surface area (Å²) in [4.78, 5) is 14.0. The van der Waals surface area contributed by atoms with Crippen molar-refractivity contribution >= 4 is 44.4 Å². The van der Waals surface area contributed by atoms with Crippen LogP contribution in [0.4, 0.5) is 0 Å². The lowest BCUT2D eigenvalue weighted by atomic mass is 10.1. The van der Waals surface area contributed by atoms with Crippen LogP contribution in [0.1, 0.15) is 25.7 Å². The van der Waals surface area contributed by atoms with Gasteiger partial charge in [0, 0.05) is 20.3 Å². The van der Waals surface area contributed by atoms with Gasteiger partial charge in [0.05, 0.1) is 4.88 Å². The summed E-state index contributed by atoms with van der Waals surface area (Å²) in [5, 5.41) is 3.92. The molecule has 1 nitrogen and oxygen atoms in total. The molecule has 78 valence electrons. The van der Waals surface area contributed by atoms with E-state index in [1.165, 1.54) is 11.3 Å². The highest BCUT2D eigenvalue weighted by atomic mass is 79.9. The molecule has 0 aliphatic carbocycles. The Morgan fingerprint density at radius 2 is 2.07 bits per heavy atom. The maximum atomic E-state index is 12.1. The summed E-state index contributed by atoms with van der Waals surface area (Å²) in [5.41, 5.74) is 1.89. The van der Waals surface area contributed by atoms with Gasteiger partial charge >= 0.3 is 0 Å². The molecule has 0 amide bonds. The molecule has 0 unspecified atom stereocenters. The molecule has 0 radical (unpaired) electrons. The van der Waals surface area contributed by atoms with Crippen LogP contribution in [0.3, 0.4) is 0 Å². The first-order chi connectivity index (χ1) is 7.09. The number of hydrogen-bond donors (Lipinski definition) is 0. The van der Waals surface area contributed by atoms with Crippen LogP contribution in [0, 0.1) is 13.8 Å². The molecule has 2 aromatic rings. The maximum Gasteiger partial charge on any atom is 0.204 e. The zero-order valence-electron chi connectivity index (χ0n) is 8.33. The van der Waals surface area contributed by atoms with Crippen LogP contribution in [0.15, 0.2) is 21.3 Å². The Morgan fingerprint density at radius 1 is 1.33 bits per heavy atom. The molecular weight excluding hydrogens is 292 g/mol. The number of thiophene rings is 2. The normalized spacial score (nSPS) is 10.6. The van der Waals surface area contributed by atoms with Gasteiger partial charge in [-0.3, -0.25) is 4.79 Å². The minimum Gasteiger partial charge on any atom is -0.288 e. The van der Waals surface area contributed by atoms with E-state index < -0.39 is 0 Å². The van der Waals surface area contributed by atoms with E-state index in [1.54, 1.807) is 11.3 Å². The fourth-order valence-electron chi connectivity index (χ4n) is 1.30. The highest BCUT2D eigenvalue weighted by Crippen LogP contribution is 2.29. The topological polar surface area (TPSA) is 17.1 Å². The molecule has 0 atom stereocenters. The zero-order chi connectivity index (χ0) is 11.0. The van der Waals surface area contributed by atoms with Crippen LogP contribution >= 0.6 is 38.6 Å². The van der Waals surface area contributed by atoms with E-state index >= 15 is 0 Å². The van der Waals surface area contributed by atoms with E-state index in [9.17, 15) is 4.79 Å². The fraction of sp³-hybridized carbons (Fsp3) is 0.182. The second-order valence-electron chi connectivity index (χ2n) is 3.31. The van der Waals surface area contributed by atoms with E-state index in [4.69, 9.17) is 0 Å². The Balaban J connectivity index is 2.41. The van der Waals surface area contributed by atoms with Gasteiger partial charge in [-0.05, 0) is 46.8 Å². The molecule has 15 heavy (non-hydrogen) atoms. The third-order valence-electron chi connectivity index (χ3n) is 2.18. The number of carbonyl (C=O) groups is 1. The molecule has 2 heterocycles. The molecule has 0 aliphatic heterocycles. The molecule has 0 spiro atoms. The van der Waals surface area contributed by atoms with Crippen LogP contribution in [-0.2, 0) is 0 Å². The largest absolute Gasteiger partial charge is 0.288 e. The number of rotatable bonds is 2. The van der Waals surface area contributed by atoms with E-state index in [-0.39, 0.29) is 5.78 Å². The molecule has 0 aromatic carbocycles. The summed E-state index contributed by atoms with van der Waals surface area (Å²) >= 11 is 6.54. The lowest BCUT2D eigenvalue weighted by molar-refractivity contribution is 0.104. The second-order valence-corrected chi connectivity index (χ2v) is 6.17. The smallest absolute Gasteiger partial charge is 0.204 e.